The number of anilines is 1. The molecule has 0 unspecified atom stereocenters. The Morgan fingerprint density at radius 2 is 1.79 bits per heavy atom. The second-order valence-electron chi connectivity index (χ2n) is 9.24. The van der Waals surface area contributed by atoms with Crippen LogP contribution in [0.15, 0.2) is 65.1 Å². The number of aromatic carboxylic acids is 1. The molecule has 2 fully saturated rings. The monoisotopic (exact) mass is 453 g/mol. The van der Waals surface area contributed by atoms with E-state index in [2.05, 4.69) is 21.6 Å². The van der Waals surface area contributed by atoms with Gasteiger partial charge in [-0.2, -0.15) is 0 Å². The predicted molar refractivity (Wildman–Crippen MR) is 131 cm³/mol. The summed E-state index contributed by atoms with van der Waals surface area (Å²) in [5.41, 5.74) is 4.51. The van der Waals surface area contributed by atoms with Crippen molar-refractivity contribution < 1.29 is 19.1 Å². The van der Waals surface area contributed by atoms with Crippen molar-refractivity contribution >= 4 is 28.4 Å². The van der Waals surface area contributed by atoms with Crippen molar-refractivity contribution in [3.05, 3.63) is 71.6 Å². The second kappa shape index (κ2) is 7.83. The van der Waals surface area contributed by atoms with E-state index in [0.717, 1.165) is 46.2 Å². The molecule has 1 aliphatic carbocycles. The standard InChI is InChI=1S/C28H24N2O4/c1-17(31)18-15-30(16-18)20-8-10-24-26(14-20)34-25-13-19(29-11-4-12-29)7-9-23(25)27(24)21-5-2-3-6-22(21)28(32)33/h2-3,5-10,13-14,18H,4,11-12,15-16H2,1H3/p+1. The molecule has 4 aliphatic rings. The van der Waals surface area contributed by atoms with E-state index in [-0.39, 0.29) is 17.3 Å². The topological polar surface area (TPSA) is 73.8 Å². The molecular weight excluding hydrogens is 428 g/mol. The Morgan fingerprint density at radius 1 is 1.00 bits per heavy atom. The summed E-state index contributed by atoms with van der Waals surface area (Å²) in [4.78, 5) is 26.0. The zero-order valence-electron chi connectivity index (χ0n) is 19.0. The molecule has 3 aliphatic heterocycles. The van der Waals surface area contributed by atoms with Gasteiger partial charge in [0.05, 0.1) is 11.6 Å². The van der Waals surface area contributed by atoms with Crippen molar-refractivity contribution in [1.29, 1.82) is 0 Å². The molecule has 0 saturated carbocycles. The van der Waals surface area contributed by atoms with Crippen LogP contribution in [-0.2, 0) is 4.79 Å². The van der Waals surface area contributed by atoms with E-state index in [4.69, 9.17) is 4.42 Å². The minimum absolute atomic E-state index is 0.0846. The van der Waals surface area contributed by atoms with Gasteiger partial charge in [0, 0.05) is 47.4 Å². The summed E-state index contributed by atoms with van der Waals surface area (Å²) in [6, 6.07) is 19.4. The molecule has 1 N–H and O–H groups in total. The van der Waals surface area contributed by atoms with E-state index >= 15 is 0 Å². The van der Waals surface area contributed by atoms with Crippen molar-refractivity contribution in [2.24, 2.45) is 5.92 Å². The number of nitrogens with zero attached hydrogens (tertiary/aromatic N) is 2. The van der Waals surface area contributed by atoms with Crippen LogP contribution in [0, 0.1) is 5.92 Å². The first-order valence-electron chi connectivity index (χ1n) is 11.7. The van der Waals surface area contributed by atoms with Crippen molar-refractivity contribution in [2.75, 3.05) is 31.1 Å². The summed E-state index contributed by atoms with van der Waals surface area (Å²) >= 11 is 0. The van der Waals surface area contributed by atoms with Crippen LogP contribution in [0.4, 0.5) is 5.69 Å². The highest BCUT2D eigenvalue weighted by Crippen LogP contribution is 2.42. The average Bonchev–Trinajstić information content (AvgIpc) is 2.75. The van der Waals surface area contributed by atoms with Crippen LogP contribution in [0.2, 0.25) is 0 Å². The number of carbonyl (C=O) groups excluding carboxylic acids is 1. The fourth-order valence-corrected chi connectivity index (χ4v) is 4.96. The van der Waals surface area contributed by atoms with Crippen LogP contribution >= 0.6 is 0 Å². The molecule has 0 atom stereocenters. The molecule has 0 aromatic heterocycles. The Bertz CT molecular complexity index is 1500. The van der Waals surface area contributed by atoms with Gasteiger partial charge in [-0.1, -0.05) is 18.2 Å². The molecule has 6 nitrogen and oxygen atoms in total. The highest BCUT2D eigenvalue weighted by atomic mass is 16.4. The van der Waals surface area contributed by atoms with E-state index in [1.807, 2.05) is 36.4 Å². The van der Waals surface area contributed by atoms with Crippen molar-refractivity contribution in [3.63, 3.8) is 0 Å². The summed E-state index contributed by atoms with van der Waals surface area (Å²) in [6.07, 6.45) is 1.19. The first-order chi connectivity index (χ1) is 16.5. The van der Waals surface area contributed by atoms with E-state index in [1.54, 1.807) is 19.1 Å². The number of rotatable bonds is 4. The molecule has 2 aromatic carbocycles. The smallest absolute Gasteiger partial charge is 0.336 e. The number of hydrogen-bond acceptors (Lipinski definition) is 4. The summed E-state index contributed by atoms with van der Waals surface area (Å²) in [5, 5.41) is 11.8. The lowest BCUT2D eigenvalue weighted by Crippen LogP contribution is -2.51. The van der Waals surface area contributed by atoms with Gasteiger partial charge in [-0.25, -0.2) is 9.37 Å². The van der Waals surface area contributed by atoms with Crippen molar-refractivity contribution in [3.8, 4) is 22.5 Å². The number of carboxylic acids is 1. The summed E-state index contributed by atoms with van der Waals surface area (Å²) in [7, 11) is 0. The molecule has 0 bridgehead atoms. The molecule has 2 saturated heterocycles. The Hall–Kier alpha value is -3.93. The maximum Gasteiger partial charge on any atom is 0.336 e. The van der Waals surface area contributed by atoms with Gasteiger partial charge < -0.3 is 14.4 Å². The highest BCUT2D eigenvalue weighted by Gasteiger charge is 2.35. The maximum atomic E-state index is 12.1. The van der Waals surface area contributed by atoms with Crippen LogP contribution < -0.4 is 14.8 Å². The second-order valence-corrected chi connectivity index (χ2v) is 9.24. The molecule has 0 spiro atoms. The predicted octanol–water partition coefficient (Wildman–Crippen LogP) is 4.10. The van der Waals surface area contributed by atoms with Crippen molar-refractivity contribution in [2.45, 2.75) is 13.3 Å². The highest BCUT2D eigenvalue weighted by molar-refractivity contribution is 6.07. The minimum Gasteiger partial charge on any atom is -0.478 e. The zero-order valence-corrected chi connectivity index (χ0v) is 19.0. The summed E-state index contributed by atoms with van der Waals surface area (Å²) in [5.74, 6) is 0.0507. The van der Waals surface area contributed by atoms with E-state index in [1.165, 1.54) is 6.42 Å². The van der Waals surface area contributed by atoms with E-state index < -0.39 is 5.97 Å². The SMILES string of the molecule is CC(=O)C1C[N+](=c2ccc3c(-c4ccccc4C(=O)O)c4ccc(N5CCC5)cc4oc-3c2)C1. The lowest BCUT2D eigenvalue weighted by atomic mass is 9.90. The number of carboxylic acid groups (broad SMARTS) is 1. The molecule has 34 heavy (non-hydrogen) atoms. The first kappa shape index (κ1) is 20.7. The van der Waals surface area contributed by atoms with Gasteiger partial charge in [0.2, 0.25) is 5.36 Å². The van der Waals surface area contributed by atoms with Gasteiger partial charge >= 0.3 is 5.97 Å². The Balaban J connectivity index is 1.62. The third kappa shape index (κ3) is 3.29. The molecule has 2 aromatic rings. The summed E-state index contributed by atoms with van der Waals surface area (Å²) in [6.45, 7) is 5.13. The minimum atomic E-state index is -0.956. The lowest BCUT2D eigenvalue weighted by molar-refractivity contribution is -0.122. The third-order valence-corrected chi connectivity index (χ3v) is 7.16. The van der Waals surface area contributed by atoms with Gasteiger partial charge in [0.1, 0.15) is 23.0 Å². The molecule has 170 valence electrons. The largest absolute Gasteiger partial charge is 0.478 e. The van der Waals surface area contributed by atoms with Crippen LogP contribution in [-0.4, -0.2) is 43.0 Å². The Morgan fingerprint density at radius 3 is 2.50 bits per heavy atom. The normalized spacial score (nSPS) is 17.5. The third-order valence-electron chi connectivity index (χ3n) is 7.16. The maximum absolute atomic E-state index is 12.1. The zero-order chi connectivity index (χ0) is 23.4. The number of benzene rings is 3. The van der Waals surface area contributed by atoms with Gasteiger partial charge in [0.25, 0.3) is 0 Å². The van der Waals surface area contributed by atoms with Gasteiger partial charge in [-0.15, -0.1) is 0 Å². The van der Waals surface area contributed by atoms with E-state index in [9.17, 15) is 14.7 Å². The van der Waals surface area contributed by atoms with Gasteiger partial charge in [0.15, 0.2) is 13.1 Å². The molecule has 6 rings (SSSR count). The van der Waals surface area contributed by atoms with Crippen LogP contribution in [0.25, 0.3) is 33.4 Å². The molecule has 6 heteroatoms. The van der Waals surface area contributed by atoms with Gasteiger partial charge in [-0.3, -0.25) is 4.79 Å². The number of Topliss-reactive ketones (excluding diaryl/α,β-unsaturated/α-hetero) is 1. The van der Waals surface area contributed by atoms with Crippen LogP contribution in [0.3, 0.4) is 0 Å². The molecule has 0 amide bonds. The van der Waals surface area contributed by atoms with Crippen molar-refractivity contribution in [1.82, 2.24) is 4.58 Å². The number of ketones is 1. The summed E-state index contributed by atoms with van der Waals surface area (Å²) < 4.78 is 8.61. The molecule has 3 heterocycles. The number of fused-ring (bicyclic) bond motifs is 2. The fraction of sp³-hybridized carbons (Fsp3) is 0.250. The quantitative estimate of drug-likeness (QED) is 0.372. The number of hydrogen-bond donors (Lipinski definition) is 1. The van der Waals surface area contributed by atoms with Crippen LogP contribution in [0.1, 0.15) is 23.7 Å². The molecular formula is C28H25N2O4+. The fourth-order valence-electron chi connectivity index (χ4n) is 4.96. The van der Waals surface area contributed by atoms with E-state index in [0.29, 0.717) is 24.4 Å². The lowest BCUT2D eigenvalue weighted by Gasteiger charge is -2.33. The first-order valence-corrected chi connectivity index (χ1v) is 11.7. The number of carbonyl (C=O) groups is 2. The molecule has 0 radical (unpaired) electrons. The average molecular weight is 454 g/mol. The van der Waals surface area contributed by atoms with Crippen LogP contribution in [0.5, 0.6) is 0 Å². The Kier molecular flexibility index (Phi) is 4.76. The van der Waals surface area contributed by atoms with Gasteiger partial charge in [-0.05, 0) is 43.2 Å². The Labute approximate surface area is 196 Å².